The van der Waals surface area contributed by atoms with Crippen molar-refractivity contribution in [1.82, 2.24) is 19.5 Å². The summed E-state index contributed by atoms with van der Waals surface area (Å²) in [7, 11) is 0. The predicted molar refractivity (Wildman–Crippen MR) is 86.9 cm³/mol. The van der Waals surface area contributed by atoms with E-state index >= 15 is 0 Å². The first-order valence-corrected chi connectivity index (χ1v) is 7.83. The SMILES string of the molecule is C#CCCC1CCCCN1c1ccnc(-n2ccnc2C)n1. The fourth-order valence-corrected chi connectivity index (χ4v) is 3.06. The molecule has 3 rings (SSSR count). The molecule has 0 bridgehead atoms. The van der Waals surface area contributed by atoms with Gasteiger partial charge in [-0.1, -0.05) is 0 Å². The molecule has 0 N–H and O–H groups in total. The van der Waals surface area contributed by atoms with Gasteiger partial charge in [0.25, 0.3) is 0 Å². The van der Waals surface area contributed by atoms with Crippen molar-refractivity contribution in [3.63, 3.8) is 0 Å². The van der Waals surface area contributed by atoms with Crippen molar-refractivity contribution >= 4 is 5.82 Å². The third-order valence-corrected chi connectivity index (χ3v) is 4.21. The van der Waals surface area contributed by atoms with Gasteiger partial charge in [0.2, 0.25) is 5.95 Å². The average molecular weight is 295 g/mol. The summed E-state index contributed by atoms with van der Waals surface area (Å²) >= 11 is 0. The summed E-state index contributed by atoms with van der Waals surface area (Å²) in [6.07, 6.45) is 16.4. The van der Waals surface area contributed by atoms with Crippen LogP contribution < -0.4 is 4.90 Å². The molecular formula is C17H21N5. The van der Waals surface area contributed by atoms with Gasteiger partial charge in [-0.05, 0) is 38.7 Å². The maximum absolute atomic E-state index is 5.43. The number of terminal acetylenes is 1. The molecular weight excluding hydrogens is 274 g/mol. The molecule has 0 amide bonds. The van der Waals surface area contributed by atoms with E-state index in [1.54, 1.807) is 6.20 Å². The maximum atomic E-state index is 5.43. The molecule has 5 nitrogen and oxygen atoms in total. The first kappa shape index (κ1) is 14.6. The number of aryl methyl sites for hydroxylation is 1. The number of nitrogens with zero attached hydrogens (tertiary/aromatic N) is 5. The van der Waals surface area contributed by atoms with Gasteiger partial charge in [0.15, 0.2) is 0 Å². The molecule has 0 radical (unpaired) electrons. The number of anilines is 1. The minimum atomic E-state index is 0.483. The highest BCUT2D eigenvalue weighted by molar-refractivity contribution is 5.41. The van der Waals surface area contributed by atoms with Crippen LogP contribution >= 0.6 is 0 Å². The van der Waals surface area contributed by atoms with Gasteiger partial charge in [0.1, 0.15) is 11.6 Å². The van der Waals surface area contributed by atoms with Crippen LogP contribution in [-0.2, 0) is 0 Å². The molecule has 0 aromatic carbocycles. The fraction of sp³-hybridized carbons (Fsp3) is 0.471. The Labute approximate surface area is 131 Å². The van der Waals surface area contributed by atoms with Crippen LogP contribution in [0.2, 0.25) is 0 Å². The van der Waals surface area contributed by atoms with Crippen molar-refractivity contribution in [2.75, 3.05) is 11.4 Å². The van der Waals surface area contributed by atoms with Crippen molar-refractivity contribution in [2.24, 2.45) is 0 Å². The molecule has 3 heterocycles. The minimum Gasteiger partial charge on any atom is -0.353 e. The topological polar surface area (TPSA) is 46.8 Å². The summed E-state index contributed by atoms with van der Waals surface area (Å²) in [4.78, 5) is 15.7. The Kier molecular flexibility index (Phi) is 4.38. The van der Waals surface area contributed by atoms with Crippen LogP contribution in [0.25, 0.3) is 5.95 Å². The van der Waals surface area contributed by atoms with Crippen LogP contribution in [0.1, 0.15) is 37.9 Å². The molecule has 0 spiro atoms. The van der Waals surface area contributed by atoms with Gasteiger partial charge in [-0.25, -0.2) is 9.97 Å². The lowest BCUT2D eigenvalue weighted by Gasteiger charge is -2.36. The van der Waals surface area contributed by atoms with Gasteiger partial charge in [-0.3, -0.25) is 4.57 Å². The first-order valence-electron chi connectivity index (χ1n) is 7.83. The third kappa shape index (κ3) is 2.96. The molecule has 1 fully saturated rings. The molecule has 22 heavy (non-hydrogen) atoms. The summed E-state index contributed by atoms with van der Waals surface area (Å²) < 4.78 is 1.91. The molecule has 1 unspecified atom stereocenters. The monoisotopic (exact) mass is 295 g/mol. The highest BCUT2D eigenvalue weighted by Crippen LogP contribution is 2.26. The van der Waals surface area contributed by atoms with Gasteiger partial charge in [-0.15, -0.1) is 12.3 Å². The fourth-order valence-electron chi connectivity index (χ4n) is 3.06. The highest BCUT2D eigenvalue weighted by atomic mass is 15.3. The van der Waals surface area contributed by atoms with Gasteiger partial charge < -0.3 is 4.90 Å². The molecule has 2 aromatic heterocycles. The molecule has 2 aromatic rings. The molecule has 1 saturated heterocycles. The number of rotatable bonds is 4. The number of hydrogen-bond donors (Lipinski definition) is 0. The standard InChI is InChI=1S/C17H21N5/c1-3-4-7-15-8-5-6-12-22(15)16-9-10-19-17(20-16)21-13-11-18-14(21)2/h1,9-11,13,15H,4-8,12H2,2H3. The van der Waals surface area contributed by atoms with E-state index in [-0.39, 0.29) is 0 Å². The average Bonchev–Trinajstić information content (AvgIpc) is 2.99. The molecule has 1 aliphatic rings. The Morgan fingerprint density at radius 3 is 3.00 bits per heavy atom. The number of aromatic nitrogens is 4. The lowest BCUT2D eigenvalue weighted by atomic mass is 9.98. The van der Waals surface area contributed by atoms with E-state index in [9.17, 15) is 0 Å². The number of hydrogen-bond acceptors (Lipinski definition) is 4. The van der Waals surface area contributed by atoms with Crippen LogP contribution in [0.3, 0.4) is 0 Å². The summed E-state index contributed by atoms with van der Waals surface area (Å²) in [5.41, 5.74) is 0. The zero-order valence-corrected chi connectivity index (χ0v) is 12.9. The van der Waals surface area contributed by atoms with E-state index in [0.29, 0.717) is 12.0 Å². The molecule has 1 aliphatic heterocycles. The van der Waals surface area contributed by atoms with Gasteiger partial charge in [0, 0.05) is 37.6 Å². The van der Waals surface area contributed by atoms with Crippen LogP contribution in [0.15, 0.2) is 24.7 Å². The molecule has 5 heteroatoms. The van der Waals surface area contributed by atoms with Crippen molar-refractivity contribution in [3.05, 3.63) is 30.5 Å². The van der Waals surface area contributed by atoms with Crippen LogP contribution in [0, 0.1) is 19.3 Å². The largest absolute Gasteiger partial charge is 0.353 e. The van der Waals surface area contributed by atoms with Gasteiger partial charge in [-0.2, -0.15) is 4.98 Å². The second-order valence-electron chi connectivity index (χ2n) is 5.65. The normalized spacial score (nSPS) is 18.2. The van der Waals surface area contributed by atoms with E-state index < -0.39 is 0 Å². The number of piperidine rings is 1. The van der Waals surface area contributed by atoms with Gasteiger partial charge in [0.05, 0.1) is 0 Å². The molecule has 0 saturated carbocycles. The Balaban J connectivity index is 1.87. The Morgan fingerprint density at radius 2 is 2.23 bits per heavy atom. The molecule has 0 aliphatic carbocycles. The summed E-state index contributed by atoms with van der Waals surface area (Å²) in [5.74, 6) is 5.31. The summed E-state index contributed by atoms with van der Waals surface area (Å²) in [5, 5.41) is 0. The number of imidazole rings is 1. The zero-order chi connectivity index (χ0) is 15.4. The van der Waals surface area contributed by atoms with E-state index in [2.05, 4.69) is 20.8 Å². The van der Waals surface area contributed by atoms with E-state index in [4.69, 9.17) is 11.4 Å². The predicted octanol–water partition coefficient (Wildman–Crippen LogP) is 2.74. The Morgan fingerprint density at radius 1 is 1.32 bits per heavy atom. The minimum absolute atomic E-state index is 0.483. The molecule has 114 valence electrons. The summed E-state index contributed by atoms with van der Waals surface area (Å²) in [6.45, 7) is 2.99. The van der Waals surface area contributed by atoms with Crippen LogP contribution in [0.4, 0.5) is 5.82 Å². The van der Waals surface area contributed by atoms with E-state index in [1.165, 1.54) is 19.3 Å². The second-order valence-corrected chi connectivity index (χ2v) is 5.65. The maximum Gasteiger partial charge on any atom is 0.237 e. The second kappa shape index (κ2) is 6.61. The lowest BCUT2D eigenvalue weighted by Crippen LogP contribution is -2.40. The smallest absolute Gasteiger partial charge is 0.237 e. The quantitative estimate of drug-likeness (QED) is 0.814. The van der Waals surface area contributed by atoms with Crippen molar-refractivity contribution < 1.29 is 0 Å². The first-order chi connectivity index (χ1) is 10.8. The highest BCUT2D eigenvalue weighted by Gasteiger charge is 2.23. The Hall–Kier alpha value is -2.35. The van der Waals surface area contributed by atoms with Crippen LogP contribution in [-0.4, -0.2) is 32.1 Å². The lowest BCUT2D eigenvalue weighted by molar-refractivity contribution is 0.438. The van der Waals surface area contributed by atoms with E-state index in [0.717, 1.165) is 31.0 Å². The molecule has 1 atom stereocenters. The Bertz CT molecular complexity index is 670. The third-order valence-electron chi connectivity index (χ3n) is 4.21. The van der Waals surface area contributed by atoms with Crippen molar-refractivity contribution in [1.29, 1.82) is 0 Å². The van der Waals surface area contributed by atoms with Crippen molar-refractivity contribution in [2.45, 2.75) is 45.1 Å². The zero-order valence-electron chi connectivity index (χ0n) is 12.9. The van der Waals surface area contributed by atoms with Gasteiger partial charge >= 0.3 is 0 Å². The van der Waals surface area contributed by atoms with E-state index in [1.807, 2.05) is 30.0 Å². The van der Waals surface area contributed by atoms with Crippen molar-refractivity contribution in [3.8, 4) is 18.3 Å². The summed E-state index contributed by atoms with van der Waals surface area (Å²) in [6, 6.07) is 2.47. The van der Waals surface area contributed by atoms with Crippen LogP contribution in [0.5, 0.6) is 0 Å².